The molecule has 0 amide bonds. The van der Waals surface area contributed by atoms with Crippen LogP contribution in [-0.2, 0) is 4.74 Å². The number of ether oxygens (including phenoxy) is 1. The van der Waals surface area contributed by atoms with E-state index in [1.165, 1.54) is 11.3 Å². The van der Waals surface area contributed by atoms with Gasteiger partial charge in [-0.05, 0) is 19.1 Å². The van der Waals surface area contributed by atoms with Crippen LogP contribution in [0.5, 0.6) is 0 Å². The van der Waals surface area contributed by atoms with Crippen LogP contribution >= 0.6 is 27.3 Å². The van der Waals surface area contributed by atoms with Gasteiger partial charge in [-0.1, -0.05) is 28.1 Å². The van der Waals surface area contributed by atoms with Crippen LogP contribution in [0.15, 0.2) is 34.9 Å². The first kappa shape index (κ1) is 12.3. The summed E-state index contributed by atoms with van der Waals surface area (Å²) in [5.74, 6) is -0.314. The Morgan fingerprint density at radius 3 is 3.06 bits per heavy atom. The van der Waals surface area contributed by atoms with Crippen molar-refractivity contribution in [2.75, 3.05) is 6.61 Å². The van der Waals surface area contributed by atoms with Crippen LogP contribution in [0, 0.1) is 0 Å². The van der Waals surface area contributed by atoms with Gasteiger partial charge in [-0.15, -0.1) is 11.3 Å². The number of hydrogen-bond acceptors (Lipinski definition) is 4. The number of benzene rings is 1. The maximum Gasteiger partial charge on any atom is 0.349 e. The Bertz CT molecular complexity index is 539. The standard InChI is InChI=1S/C12H10BrNO2S/c1-2-16-12(15)10-7-14-11(17-10)8-4-3-5-9(13)6-8/h3-7H,2H2,1H3. The van der Waals surface area contributed by atoms with Crippen LogP contribution in [0.2, 0.25) is 0 Å². The predicted octanol–water partition coefficient (Wildman–Crippen LogP) is 3.75. The second-order valence-corrected chi connectivity index (χ2v) is 5.21. The summed E-state index contributed by atoms with van der Waals surface area (Å²) >= 11 is 4.74. The van der Waals surface area contributed by atoms with E-state index < -0.39 is 0 Å². The second kappa shape index (κ2) is 5.42. The van der Waals surface area contributed by atoms with Gasteiger partial charge in [0, 0.05) is 10.0 Å². The fourth-order valence-corrected chi connectivity index (χ4v) is 2.53. The molecule has 1 aromatic heterocycles. The van der Waals surface area contributed by atoms with E-state index in [2.05, 4.69) is 20.9 Å². The molecule has 0 atom stereocenters. The third-order valence-corrected chi connectivity index (χ3v) is 3.57. The number of nitrogens with zero attached hydrogens (tertiary/aromatic N) is 1. The van der Waals surface area contributed by atoms with Crippen molar-refractivity contribution in [3.05, 3.63) is 39.8 Å². The van der Waals surface area contributed by atoms with E-state index in [4.69, 9.17) is 4.74 Å². The summed E-state index contributed by atoms with van der Waals surface area (Å²) in [5, 5.41) is 0.814. The lowest BCUT2D eigenvalue weighted by atomic mass is 10.2. The van der Waals surface area contributed by atoms with Crippen molar-refractivity contribution in [2.45, 2.75) is 6.92 Å². The molecule has 17 heavy (non-hydrogen) atoms. The number of hydrogen-bond donors (Lipinski definition) is 0. The van der Waals surface area contributed by atoms with Crippen molar-refractivity contribution < 1.29 is 9.53 Å². The summed E-state index contributed by atoms with van der Waals surface area (Å²) in [6.07, 6.45) is 1.55. The first-order chi connectivity index (χ1) is 8.20. The third-order valence-electron chi connectivity index (χ3n) is 2.05. The van der Waals surface area contributed by atoms with Crippen LogP contribution < -0.4 is 0 Å². The van der Waals surface area contributed by atoms with Gasteiger partial charge < -0.3 is 4.74 Å². The first-order valence-electron chi connectivity index (χ1n) is 5.09. The molecule has 0 bridgehead atoms. The summed E-state index contributed by atoms with van der Waals surface area (Å²) in [6, 6.07) is 7.81. The monoisotopic (exact) mass is 311 g/mol. The highest BCUT2D eigenvalue weighted by Crippen LogP contribution is 2.27. The quantitative estimate of drug-likeness (QED) is 0.810. The Hall–Kier alpha value is -1.20. The minimum absolute atomic E-state index is 0.314. The van der Waals surface area contributed by atoms with E-state index in [0.29, 0.717) is 11.5 Å². The molecule has 3 nitrogen and oxygen atoms in total. The lowest BCUT2D eigenvalue weighted by Gasteiger charge is -1.97. The smallest absolute Gasteiger partial charge is 0.349 e. The van der Waals surface area contributed by atoms with Crippen LogP contribution in [0.3, 0.4) is 0 Å². The number of halogens is 1. The van der Waals surface area contributed by atoms with E-state index >= 15 is 0 Å². The van der Waals surface area contributed by atoms with Crippen molar-refractivity contribution in [2.24, 2.45) is 0 Å². The fraction of sp³-hybridized carbons (Fsp3) is 0.167. The van der Waals surface area contributed by atoms with E-state index in [1.807, 2.05) is 24.3 Å². The molecular formula is C12H10BrNO2S. The Balaban J connectivity index is 2.27. The Morgan fingerprint density at radius 1 is 1.53 bits per heavy atom. The molecule has 0 aliphatic rings. The molecule has 0 spiro atoms. The number of rotatable bonds is 3. The lowest BCUT2D eigenvalue weighted by molar-refractivity contribution is 0.0532. The Kier molecular flexibility index (Phi) is 3.91. The molecule has 0 aliphatic carbocycles. The first-order valence-corrected chi connectivity index (χ1v) is 6.70. The molecule has 0 saturated carbocycles. The topological polar surface area (TPSA) is 39.2 Å². The van der Waals surface area contributed by atoms with Gasteiger partial charge in [-0.3, -0.25) is 0 Å². The highest BCUT2D eigenvalue weighted by Gasteiger charge is 2.12. The molecule has 2 rings (SSSR count). The SMILES string of the molecule is CCOC(=O)c1cnc(-c2cccc(Br)c2)s1. The van der Waals surface area contributed by atoms with Gasteiger partial charge in [-0.25, -0.2) is 9.78 Å². The highest BCUT2D eigenvalue weighted by molar-refractivity contribution is 9.10. The molecule has 5 heteroatoms. The number of carbonyl (C=O) groups is 1. The highest BCUT2D eigenvalue weighted by atomic mass is 79.9. The maximum atomic E-state index is 11.5. The molecule has 0 aliphatic heterocycles. The van der Waals surface area contributed by atoms with E-state index in [0.717, 1.165) is 15.0 Å². The summed E-state index contributed by atoms with van der Waals surface area (Å²) < 4.78 is 5.91. The predicted molar refractivity (Wildman–Crippen MR) is 71.2 cm³/mol. The summed E-state index contributed by atoms with van der Waals surface area (Å²) in [6.45, 7) is 2.16. The van der Waals surface area contributed by atoms with Crippen LogP contribution in [-0.4, -0.2) is 17.6 Å². The Labute approximate surface area is 112 Å². The van der Waals surface area contributed by atoms with Gasteiger partial charge in [-0.2, -0.15) is 0 Å². The van der Waals surface area contributed by atoms with Gasteiger partial charge in [0.25, 0.3) is 0 Å². The van der Waals surface area contributed by atoms with Gasteiger partial charge in [0.05, 0.1) is 12.8 Å². The summed E-state index contributed by atoms with van der Waals surface area (Å²) in [4.78, 5) is 16.3. The van der Waals surface area contributed by atoms with Gasteiger partial charge in [0.15, 0.2) is 0 Å². The lowest BCUT2D eigenvalue weighted by Crippen LogP contribution is -2.01. The zero-order valence-electron chi connectivity index (χ0n) is 9.14. The van der Waals surface area contributed by atoms with Crippen molar-refractivity contribution in [1.29, 1.82) is 0 Å². The van der Waals surface area contributed by atoms with E-state index in [9.17, 15) is 4.79 Å². The average Bonchev–Trinajstić information content (AvgIpc) is 2.78. The van der Waals surface area contributed by atoms with Crippen molar-refractivity contribution in [3.63, 3.8) is 0 Å². The molecule has 1 aromatic carbocycles. The molecule has 0 unspecified atom stereocenters. The molecule has 88 valence electrons. The second-order valence-electron chi connectivity index (χ2n) is 3.26. The zero-order chi connectivity index (χ0) is 12.3. The zero-order valence-corrected chi connectivity index (χ0v) is 11.5. The molecule has 2 aromatic rings. The van der Waals surface area contributed by atoms with E-state index in [1.54, 1.807) is 13.1 Å². The Morgan fingerprint density at radius 2 is 2.35 bits per heavy atom. The van der Waals surface area contributed by atoms with Gasteiger partial charge in [0.1, 0.15) is 9.88 Å². The molecule has 0 fully saturated rings. The number of esters is 1. The molecule has 0 saturated heterocycles. The molecular weight excluding hydrogens is 302 g/mol. The average molecular weight is 312 g/mol. The van der Waals surface area contributed by atoms with Crippen molar-refractivity contribution in [1.82, 2.24) is 4.98 Å². The number of aromatic nitrogens is 1. The summed E-state index contributed by atoms with van der Waals surface area (Å²) in [7, 11) is 0. The fourth-order valence-electron chi connectivity index (χ4n) is 1.33. The minimum Gasteiger partial charge on any atom is -0.462 e. The summed E-state index contributed by atoms with van der Waals surface area (Å²) in [5.41, 5.74) is 0.986. The van der Waals surface area contributed by atoms with Crippen LogP contribution in [0.25, 0.3) is 10.6 Å². The van der Waals surface area contributed by atoms with Crippen LogP contribution in [0.1, 0.15) is 16.6 Å². The largest absolute Gasteiger partial charge is 0.462 e. The molecule has 1 heterocycles. The minimum atomic E-state index is -0.314. The van der Waals surface area contributed by atoms with E-state index in [-0.39, 0.29) is 5.97 Å². The van der Waals surface area contributed by atoms with Gasteiger partial charge in [0.2, 0.25) is 0 Å². The number of carbonyl (C=O) groups excluding carboxylic acids is 1. The van der Waals surface area contributed by atoms with Crippen LogP contribution in [0.4, 0.5) is 0 Å². The number of thiazole rings is 1. The van der Waals surface area contributed by atoms with Gasteiger partial charge >= 0.3 is 5.97 Å². The normalized spacial score (nSPS) is 10.2. The maximum absolute atomic E-state index is 11.5. The third kappa shape index (κ3) is 2.92. The molecule has 0 N–H and O–H groups in total. The molecule has 0 radical (unpaired) electrons. The van der Waals surface area contributed by atoms with Crippen molar-refractivity contribution in [3.8, 4) is 10.6 Å². The van der Waals surface area contributed by atoms with Crippen molar-refractivity contribution >= 4 is 33.2 Å².